The van der Waals surface area contributed by atoms with Gasteiger partial charge in [-0.1, -0.05) is 40.5 Å². The van der Waals surface area contributed by atoms with Crippen LogP contribution in [0.15, 0.2) is 35.6 Å². The number of carbonyl (C=O) groups excluding carboxylic acids is 5. The molecule has 2 rings (SSSR count). The number of rotatable bonds is 16. The van der Waals surface area contributed by atoms with E-state index in [9.17, 15) is 28.8 Å². The molecule has 218 valence electrons. The van der Waals surface area contributed by atoms with Crippen LogP contribution in [0.2, 0.25) is 0 Å². The second-order valence-corrected chi connectivity index (χ2v) is 10.2. The molecule has 2 aromatic rings. The van der Waals surface area contributed by atoms with Gasteiger partial charge in [-0.15, -0.1) is 0 Å². The SMILES string of the molecule is CCC(CC)CNC(=O)Cn1cccc(NC(=O)C(CCC(=O)C(=O)CC(C)C)NC(=O)c2cncn2C)c1=O. The molecule has 0 spiro atoms. The average Bonchev–Trinajstić information content (AvgIpc) is 3.34. The summed E-state index contributed by atoms with van der Waals surface area (Å²) in [5.74, 6) is -2.51. The molecule has 40 heavy (non-hydrogen) atoms. The van der Waals surface area contributed by atoms with E-state index < -0.39 is 35.0 Å². The van der Waals surface area contributed by atoms with Gasteiger partial charge >= 0.3 is 0 Å². The monoisotopic (exact) mass is 556 g/mol. The van der Waals surface area contributed by atoms with E-state index in [1.807, 2.05) is 27.7 Å². The van der Waals surface area contributed by atoms with Crippen LogP contribution in [0.3, 0.4) is 0 Å². The van der Waals surface area contributed by atoms with Crippen molar-refractivity contribution < 1.29 is 24.0 Å². The van der Waals surface area contributed by atoms with Crippen molar-refractivity contribution in [2.45, 2.75) is 72.4 Å². The number of imidazole rings is 1. The Labute approximate surface area is 233 Å². The molecule has 12 heteroatoms. The van der Waals surface area contributed by atoms with Crippen molar-refractivity contribution in [3.63, 3.8) is 0 Å². The number of ketones is 2. The Kier molecular flexibility index (Phi) is 12.4. The zero-order valence-corrected chi connectivity index (χ0v) is 23.9. The largest absolute Gasteiger partial charge is 0.354 e. The van der Waals surface area contributed by atoms with Crippen LogP contribution in [-0.2, 0) is 32.8 Å². The zero-order valence-electron chi connectivity index (χ0n) is 23.9. The summed E-state index contributed by atoms with van der Waals surface area (Å²) in [4.78, 5) is 79.8. The number of nitrogens with zero attached hydrogens (tertiary/aromatic N) is 3. The van der Waals surface area contributed by atoms with Crippen LogP contribution >= 0.6 is 0 Å². The van der Waals surface area contributed by atoms with Crippen molar-refractivity contribution in [2.75, 3.05) is 11.9 Å². The first kappa shape index (κ1) is 32.1. The Hall–Kier alpha value is -4.09. The summed E-state index contributed by atoms with van der Waals surface area (Å²) in [6.45, 7) is 8.01. The molecule has 0 aliphatic rings. The van der Waals surface area contributed by atoms with Crippen LogP contribution < -0.4 is 21.5 Å². The molecule has 1 unspecified atom stereocenters. The van der Waals surface area contributed by atoms with Gasteiger partial charge in [-0.2, -0.15) is 0 Å². The van der Waals surface area contributed by atoms with E-state index in [1.54, 1.807) is 7.05 Å². The lowest BCUT2D eigenvalue weighted by atomic mass is 10.00. The maximum Gasteiger partial charge on any atom is 0.274 e. The fourth-order valence-electron chi connectivity index (χ4n) is 4.00. The summed E-state index contributed by atoms with van der Waals surface area (Å²) in [5.41, 5.74) is -0.516. The Morgan fingerprint density at radius 2 is 1.75 bits per heavy atom. The molecule has 12 nitrogen and oxygen atoms in total. The molecule has 0 saturated carbocycles. The first-order chi connectivity index (χ1) is 19.0. The summed E-state index contributed by atoms with van der Waals surface area (Å²) < 4.78 is 2.64. The number of aryl methyl sites for hydroxylation is 1. The van der Waals surface area contributed by atoms with Crippen LogP contribution in [0.5, 0.6) is 0 Å². The molecule has 3 amide bonds. The topological polar surface area (TPSA) is 161 Å². The minimum absolute atomic E-state index is 0.00198. The summed E-state index contributed by atoms with van der Waals surface area (Å²) >= 11 is 0. The lowest BCUT2D eigenvalue weighted by Crippen LogP contribution is -2.45. The molecular weight excluding hydrogens is 516 g/mol. The lowest BCUT2D eigenvalue weighted by Gasteiger charge is -2.19. The molecule has 0 saturated heterocycles. The number of anilines is 1. The Balaban J connectivity index is 2.17. The van der Waals surface area contributed by atoms with Crippen LogP contribution in [0, 0.1) is 11.8 Å². The van der Waals surface area contributed by atoms with E-state index in [0.29, 0.717) is 12.5 Å². The highest BCUT2D eigenvalue weighted by Gasteiger charge is 2.26. The normalized spacial score (nSPS) is 11.8. The number of hydrogen-bond acceptors (Lipinski definition) is 7. The van der Waals surface area contributed by atoms with Crippen molar-refractivity contribution in [3.8, 4) is 0 Å². The maximum absolute atomic E-state index is 13.2. The molecule has 0 bridgehead atoms. The van der Waals surface area contributed by atoms with Gasteiger partial charge in [0.15, 0.2) is 11.6 Å². The number of nitrogens with one attached hydrogen (secondary N) is 3. The second-order valence-electron chi connectivity index (χ2n) is 10.2. The standard InChI is InChI=1S/C28H40N6O6/c1-6-19(7-2)14-30-25(37)16-34-12-8-9-21(28(34)40)32-26(38)20(10-11-23(35)24(36)13-18(3)4)31-27(39)22-15-29-17-33(22)5/h8-9,12,15,17-20H,6-7,10-11,13-14,16H2,1-5H3,(H,30,37)(H,31,39)(H,32,38). The number of hydrogen-bond donors (Lipinski definition) is 3. The van der Waals surface area contributed by atoms with Gasteiger partial charge in [0.05, 0.1) is 12.5 Å². The van der Waals surface area contributed by atoms with Gasteiger partial charge in [0.25, 0.3) is 11.5 Å². The van der Waals surface area contributed by atoms with Crippen molar-refractivity contribution in [1.82, 2.24) is 24.8 Å². The van der Waals surface area contributed by atoms with Crippen LogP contribution in [-0.4, -0.2) is 56.0 Å². The molecule has 0 aromatic carbocycles. The fraction of sp³-hybridized carbons (Fsp3) is 0.536. The van der Waals surface area contributed by atoms with E-state index in [-0.39, 0.29) is 49.0 Å². The number of aromatic nitrogens is 3. The Morgan fingerprint density at radius 1 is 1.05 bits per heavy atom. The minimum Gasteiger partial charge on any atom is -0.354 e. The number of Topliss-reactive ketones (excluding diaryl/α,β-unsaturated/α-hetero) is 2. The minimum atomic E-state index is -1.23. The van der Waals surface area contributed by atoms with Crippen LogP contribution in [0.25, 0.3) is 0 Å². The van der Waals surface area contributed by atoms with Gasteiger partial charge in [0, 0.05) is 32.6 Å². The maximum atomic E-state index is 13.2. The highest BCUT2D eigenvalue weighted by Crippen LogP contribution is 2.09. The highest BCUT2D eigenvalue weighted by molar-refractivity contribution is 6.37. The van der Waals surface area contributed by atoms with E-state index in [1.165, 1.54) is 40.0 Å². The number of carbonyl (C=O) groups is 5. The van der Waals surface area contributed by atoms with E-state index >= 15 is 0 Å². The third-order valence-corrected chi connectivity index (χ3v) is 6.57. The number of amides is 3. The first-order valence-corrected chi connectivity index (χ1v) is 13.6. The lowest BCUT2D eigenvalue weighted by molar-refractivity contribution is -0.137. The predicted octanol–water partition coefficient (Wildman–Crippen LogP) is 1.84. The quantitative estimate of drug-likeness (QED) is 0.266. The molecule has 2 heterocycles. The fourth-order valence-corrected chi connectivity index (χ4v) is 4.00. The van der Waals surface area contributed by atoms with Gasteiger partial charge in [0.1, 0.15) is 24.0 Å². The summed E-state index contributed by atoms with van der Waals surface area (Å²) in [6, 6.07) is 1.67. The average molecular weight is 557 g/mol. The third-order valence-electron chi connectivity index (χ3n) is 6.57. The van der Waals surface area contributed by atoms with Gasteiger partial charge in [-0.05, 0) is 30.4 Å². The predicted molar refractivity (Wildman–Crippen MR) is 150 cm³/mol. The molecular formula is C28H40N6O6. The van der Waals surface area contributed by atoms with E-state index in [4.69, 9.17) is 0 Å². The van der Waals surface area contributed by atoms with Gasteiger partial charge in [0.2, 0.25) is 11.8 Å². The Morgan fingerprint density at radius 3 is 2.35 bits per heavy atom. The van der Waals surface area contributed by atoms with Crippen molar-refractivity contribution in [3.05, 3.63) is 46.9 Å². The highest BCUT2D eigenvalue weighted by atomic mass is 16.2. The number of pyridine rings is 1. The van der Waals surface area contributed by atoms with Gasteiger partial charge < -0.3 is 25.1 Å². The first-order valence-electron chi connectivity index (χ1n) is 13.6. The summed E-state index contributed by atoms with van der Waals surface area (Å²) in [5, 5.41) is 7.90. The van der Waals surface area contributed by atoms with E-state index in [0.717, 1.165) is 12.8 Å². The molecule has 2 aromatic heterocycles. The van der Waals surface area contributed by atoms with Crippen molar-refractivity contribution in [1.29, 1.82) is 0 Å². The molecule has 0 radical (unpaired) electrons. The second kappa shape index (κ2) is 15.5. The van der Waals surface area contributed by atoms with Crippen molar-refractivity contribution in [2.24, 2.45) is 18.9 Å². The molecule has 0 aliphatic carbocycles. The summed E-state index contributed by atoms with van der Waals surface area (Å²) in [7, 11) is 1.61. The summed E-state index contributed by atoms with van der Waals surface area (Å²) in [6.07, 6.45) is 5.71. The van der Waals surface area contributed by atoms with Crippen LogP contribution in [0.4, 0.5) is 5.69 Å². The van der Waals surface area contributed by atoms with Gasteiger partial charge in [-0.3, -0.25) is 28.8 Å². The van der Waals surface area contributed by atoms with E-state index in [2.05, 4.69) is 20.9 Å². The Bertz CT molecular complexity index is 1260. The van der Waals surface area contributed by atoms with Crippen molar-refractivity contribution >= 4 is 35.0 Å². The van der Waals surface area contributed by atoms with Gasteiger partial charge in [-0.25, -0.2) is 4.98 Å². The molecule has 0 fully saturated rings. The molecule has 0 aliphatic heterocycles. The smallest absolute Gasteiger partial charge is 0.274 e. The molecule has 1 atom stereocenters. The molecule has 3 N–H and O–H groups in total. The third kappa shape index (κ3) is 9.58. The zero-order chi connectivity index (χ0) is 29.8. The van der Waals surface area contributed by atoms with Crippen LogP contribution in [0.1, 0.15) is 70.3 Å².